The van der Waals surface area contributed by atoms with Gasteiger partial charge in [-0.15, -0.1) is 6.58 Å². The summed E-state index contributed by atoms with van der Waals surface area (Å²) in [6.45, 7) is 15.7. The van der Waals surface area contributed by atoms with E-state index in [-0.39, 0.29) is 19.4 Å². The molecule has 5 atom stereocenters. The lowest BCUT2D eigenvalue weighted by atomic mass is 9.85. The van der Waals surface area contributed by atoms with Crippen molar-refractivity contribution in [2.24, 2.45) is 11.3 Å². The Hall–Kier alpha value is -4.86. The van der Waals surface area contributed by atoms with E-state index in [1.165, 1.54) is 11.0 Å². The summed E-state index contributed by atoms with van der Waals surface area (Å²) in [5.41, 5.74) is -1.29. The van der Waals surface area contributed by atoms with Gasteiger partial charge in [0.25, 0.3) is 5.91 Å². The fourth-order valence-corrected chi connectivity index (χ4v) is 7.76. The number of ether oxygens (including phenoxy) is 2. The number of sulfonamides is 1. The molecule has 3 aliphatic rings. The summed E-state index contributed by atoms with van der Waals surface area (Å²) in [5, 5.41) is 7.48. The molecule has 0 bridgehead atoms. The van der Waals surface area contributed by atoms with Crippen molar-refractivity contribution in [2.75, 3.05) is 11.9 Å². The first kappa shape index (κ1) is 39.3. The number of amides is 5. The molecular formula is C37H50N6O9S. The van der Waals surface area contributed by atoms with Gasteiger partial charge in [0.2, 0.25) is 21.8 Å². The Kier molecular flexibility index (Phi) is 10.8. The molecule has 4 N–H and O–H groups in total. The second-order valence-corrected chi connectivity index (χ2v) is 18.1. The number of carbonyl (C=O) groups excluding carboxylic acids is 5. The number of benzene rings is 1. The van der Waals surface area contributed by atoms with Crippen molar-refractivity contribution in [1.82, 2.24) is 24.8 Å². The number of anilines is 1. The molecule has 0 spiro atoms. The van der Waals surface area contributed by atoms with Crippen LogP contribution in [-0.2, 0) is 33.9 Å². The number of hydrogen-bond acceptors (Lipinski definition) is 9. The largest absolute Gasteiger partial charge is 0.444 e. The van der Waals surface area contributed by atoms with Crippen LogP contribution in [0.3, 0.4) is 0 Å². The molecule has 0 radical (unpaired) electrons. The van der Waals surface area contributed by atoms with E-state index in [1.807, 2.05) is 48.1 Å². The highest BCUT2D eigenvalue weighted by atomic mass is 32.2. The third kappa shape index (κ3) is 9.21. The van der Waals surface area contributed by atoms with Crippen LogP contribution in [0.4, 0.5) is 15.3 Å². The number of nitrogens with zero attached hydrogens (tertiary/aromatic N) is 2. The first-order chi connectivity index (χ1) is 24.6. The molecule has 2 aromatic rings. The van der Waals surface area contributed by atoms with Crippen LogP contribution >= 0.6 is 0 Å². The van der Waals surface area contributed by atoms with Gasteiger partial charge in [-0.3, -0.25) is 24.4 Å². The number of alkyl carbamates (subject to hydrolysis) is 1. The van der Waals surface area contributed by atoms with Crippen molar-refractivity contribution in [3.63, 3.8) is 0 Å². The monoisotopic (exact) mass is 754 g/mol. The summed E-state index contributed by atoms with van der Waals surface area (Å²) in [5.74, 6) is -2.85. The highest BCUT2D eigenvalue weighted by Crippen LogP contribution is 2.45. The highest BCUT2D eigenvalue weighted by Gasteiger charge is 2.62. The third-order valence-electron chi connectivity index (χ3n) is 9.42. The Bertz CT molecular complexity index is 1880. The fraction of sp³-hybridized carbons (Fsp3) is 0.541. The van der Waals surface area contributed by atoms with Crippen LogP contribution in [0.1, 0.15) is 72.8 Å². The standard InChI is InChI=1S/C37H50N6O9S/c1-9-23-20-37(23,32(46)41-53(49,50)25-13-14-25)40-30(44)28-19-24(21-43(28)31(45)29(35(3,4)5)39-34(48)52-36(6,7)8)51-33(47)38-26-18-22(2)12-15-27(26)42-16-10-11-17-42/h9-12,15-18,23-25,28-29H,1,13-14,19-21H2,2-8H3,(H,38,47)(H,39,48)(H,40,44)(H,41,46)/t23?,24-,28+,29-,37-/m1/s1. The average molecular weight is 755 g/mol. The van der Waals surface area contributed by atoms with Crippen LogP contribution in [0.25, 0.3) is 5.69 Å². The summed E-state index contributed by atoms with van der Waals surface area (Å²) in [7, 11) is -3.93. The molecule has 16 heteroatoms. The number of aromatic nitrogens is 1. The van der Waals surface area contributed by atoms with E-state index in [2.05, 4.69) is 27.3 Å². The number of rotatable bonds is 11. The van der Waals surface area contributed by atoms with E-state index in [9.17, 15) is 32.4 Å². The van der Waals surface area contributed by atoms with Gasteiger partial charge in [0.1, 0.15) is 29.3 Å². The molecule has 2 saturated carbocycles. The zero-order valence-corrected chi connectivity index (χ0v) is 32.0. The molecule has 1 saturated heterocycles. The Morgan fingerprint density at radius 2 is 1.68 bits per heavy atom. The van der Waals surface area contributed by atoms with Crippen LogP contribution in [0.15, 0.2) is 55.4 Å². The van der Waals surface area contributed by atoms with Gasteiger partial charge in [0, 0.05) is 24.7 Å². The summed E-state index contributed by atoms with van der Waals surface area (Å²) >= 11 is 0. The summed E-state index contributed by atoms with van der Waals surface area (Å²) in [6, 6.07) is 6.78. The van der Waals surface area contributed by atoms with Gasteiger partial charge in [-0.05, 0) is 82.2 Å². The van der Waals surface area contributed by atoms with Gasteiger partial charge in [0.05, 0.1) is 23.2 Å². The molecule has 15 nitrogen and oxygen atoms in total. The van der Waals surface area contributed by atoms with Crippen LogP contribution < -0.4 is 20.7 Å². The first-order valence-corrected chi connectivity index (χ1v) is 19.2. The van der Waals surface area contributed by atoms with Gasteiger partial charge < -0.3 is 29.6 Å². The molecule has 1 aliphatic heterocycles. The van der Waals surface area contributed by atoms with Crippen molar-refractivity contribution in [3.05, 3.63) is 60.9 Å². The molecule has 1 aromatic carbocycles. The molecule has 288 valence electrons. The minimum Gasteiger partial charge on any atom is -0.444 e. The predicted octanol–water partition coefficient (Wildman–Crippen LogP) is 3.91. The molecule has 53 heavy (non-hydrogen) atoms. The molecule has 5 amide bonds. The maximum absolute atomic E-state index is 14.4. The van der Waals surface area contributed by atoms with Crippen molar-refractivity contribution in [3.8, 4) is 5.69 Å². The third-order valence-corrected chi connectivity index (χ3v) is 11.2. The maximum atomic E-state index is 14.4. The summed E-state index contributed by atoms with van der Waals surface area (Å²) in [6.07, 6.45) is 3.30. The molecule has 1 aromatic heterocycles. The van der Waals surface area contributed by atoms with Crippen LogP contribution in [0, 0.1) is 18.3 Å². The van der Waals surface area contributed by atoms with Crippen LogP contribution in [-0.4, -0.2) is 88.9 Å². The quantitative estimate of drug-likeness (QED) is 0.246. The van der Waals surface area contributed by atoms with E-state index < -0.39 is 85.8 Å². The number of nitrogens with one attached hydrogen (secondary N) is 4. The van der Waals surface area contributed by atoms with Crippen LogP contribution in [0.5, 0.6) is 0 Å². The smallest absolute Gasteiger partial charge is 0.412 e. The normalized spacial score (nSPS) is 23.3. The Balaban J connectivity index is 1.40. The van der Waals surface area contributed by atoms with Gasteiger partial charge in [-0.2, -0.15) is 0 Å². The maximum Gasteiger partial charge on any atom is 0.412 e. The SMILES string of the molecule is C=CC1C[C@]1(NC(=O)[C@@H]1C[C@@H](OC(=O)Nc2cc(C)ccc2-n2cccc2)CN1C(=O)[C@@H](NC(=O)OC(C)(C)C)C(C)(C)C)C(=O)NS(=O)(=O)C1CC1. The van der Waals surface area contributed by atoms with E-state index in [0.29, 0.717) is 24.2 Å². The van der Waals surface area contributed by atoms with Gasteiger partial charge >= 0.3 is 12.2 Å². The second kappa shape index (κ2) is 14.5. The first-order valence-electron chi connectivity index (χ1n) is 17.7. The van der Waals surface area contributed by atoms with E-state index >= 15 is 0 Å². The van der Waals surface area contributed by atoms with Crippen molar-refractivity contribution >= 4 is 45.6 Å². The number of likely N-dealkylation sites (tertiary alicyclic amines) is 1. The van der Waals surface area contributed by atoms with Crippen LogP contribution in [0.2, 0.25) is 0 Å². The summed E-state index contributed by atoms with van der Waals surface area (Å²) < 4.78 is 40.5. The zero-order valence-electron chi connectivity index (χ0n) is 31.2. The molecule has 3 fully saturated rings. The lowest BCUT2D eigenvalue weighted by Crippen LogP contribution is -2.60. The summed E-state index contributed by atoms with van der Waals surface area (Å²) in [4.78, 5) is 69.5. The minimum absolute atomic E-state index is 0.0995. The number of aryl methyl sites for hydroxylation is 1. The molecular weight excluding hydrogens is 705 g/mol. The molecule has 1 unspecified atom stereocenters. The zero-order chi connectivity index (χ0) is 39.1. The Morgan fingerprint density at radius 1 is 1.02 bits per heavy atom. The van der Waals surface area contributed by atoms with Gasteiger partial charge in [0.15, 0.2) is 0 Å². The van der Waals surface area contributed by atoms with Crippen molar-refractivity contribution < 1.29 is 41.9 Å². The fourth-order valence-electron chi connectivity index (χ4n) is 6.40. The lowest BCUT2D eigenvalue weighted by Gasteiger charge is -2.36. The minimum atomic E-state index is -3.93. The predicted molar refractivity (Wildman–Crippen MR) is 196 cm³/mol. The molecule has 2 aliphatic carbocycles. The van der Waals surface area contributed by atoms with Gasteiger partial charge in [-0.25, -0.2) is 18.0 Å². The molecule has 5 rings (SSSR count). The number of hydrogen-bond donors (Lipinski definition) is 4. The number of carbonyl (C=O) groups is 5. The van der Waals surface area contributed by atoms with Crippen molar-refractivity contribution in [2.45, 2.75) is 109 Å². The van der Waals surface area contributed by atoms with E-state index in [1.54, 1.807) is 47.6 Å². The van der Waals surface area contributed by atoms with Crippen molar-refractivity contribution in [1.29, 1.82) is 0 Å². The van der Waals surface area contributed by atoms with E-state index in [4.69, 9.17) is 9.47 Å². The van der Waals surface area contributed by atoms with E-state index in [0.717, 1.165) is 5.56 Å². The highest BCUT2D eigenvalue weighted by molar-refractivity contribution is 7.91. The average Bonchev–Trinajstić information content (AvgIpc) is 3.91. The Labute approximate surface area is 310 Å². The molecule has 2 heterocycles. The topological polar surface area (TPSA) is 194 Å². The Morgan fingerprint density at radius 3 is 2.25 bits per heavy atom. The lowest BCUT2D eigenvalue weighted by molar-refractivity contribution is -0.143. The van der Waals surface area contributed by atoms with Gasteiger partial charge in [-0.1, -0.05) is 32.9 Å². The second-order valence-electron chi connectivity index (χ2n) is 16.1.